The van der Waals surface area contributed by atoms with E-state index in [1.54, 1.807) is 0 Å². The lowest BCUT2D eigenvalue weighted by Gasteiger charge is -2.32. The number of rotatable bonds is 4. The van der Waals surface area contributed by atoms with E-state index in [-0.39, 0.29) is 17.7 Å². The van der Waals surface area contributed by atoms with Crippen LogP contribution in [0.5, 0.6) is 0 Å². The molecule has 114 valence electrons. The summed E-state index contributed by atoms with van der Waals surface area (Å²) in [6, 6.07) is 7.67. The molecule has 1 aromatic carbocycles. The van der Waals surface area contributed by atoms with Crippen LogP contribution in [-0.2, 0) is 9.53 Å². The quantitative estimate of drug-likeness (QED) is 0.895. The van der Waals surface area contributed by atoms with Crippen LogP contribution in [0.2, 0.25) is 5.02 Å². The zero-order valence-corrected chi connectivity index (χ0v) is 12.6. The van der Waals surface area contributed by atoms with E-state index in [1.807, 2.05) is 24.3 Å². The topological polar surface area (TPSA) is 58.6 Å². The Morgan fingerprint density at radius 2 is 2.10 bits per heavy atom. The van der Waals surface area contributed by atoms with E-state index in [9.17, 15) is 9.90 Å². The smallest absolute Gasteiger partial charge is 0.223 e. The molecule has 0 spiro atoms. The van der Waals surface area contributed by atoms with Crippen molar-refractivity contribution in [2.24, 2.45) is 5.92 Å². The molecule has 1 saturated heterocycles. The summed E-state index contributed by atoms with van der Waals surface area (Å²) in [5.74, 6) is 0.205. The van der Waals surface area contributed by atoms with Crippen molar-refractivity contribution in [1.82, 2.24) is 5.32 Å². The van der Waals surface area contributed by atoms with E-state index >= 15 is 0 Å². The van der Waals surface area contributed by atoms with Crippen LogP contribution in [0, 0.1) is 5.92 Å². The highest BCUT2D eigenvalue weighted by Crippen LogP contribution is 2.49. The molecule has 5 heteroatoms. The van der Waals surface area contributed by atoms with Gasteiger partial charge in [-0.05, 0) is 24.0 Å². The summed E-state index contributed by atoms with van der Waals surface area (Å²) in [7, 11) is 0. The summed E-state index contributed by atoms with van der Waals surface area (Å²) in [5.41, 5.74) is 0.229. The molecule has 0 radical (unpaired) electrons. The van der Waals surface area contributed by atoms with Gasteiger partial charge in [0.25, 0.3) is 0 Å². The van der Waals surface area contributed by atoms with Gasteiger partial charge in [-0.15, -0.1) is 0 Å². The van der Waals surface area contributed by atoms with Crippen LogP contribution < -0.4 is 5.32 Å². The van der Waals surface area contributed by atoms with Crippen molar-refractivity contribution >= 4 is 17.5 Å². The molecule has 0 bridgehead atoms. The van der Waals surface area contributed by atoms with Gasteiger partial charge >= 0.3 is 0 Å². The summed E-state index contributed by atoms with van der Waals surface area (Å²) in [5, 5.41) is 13.9. The molecule has 1 aliphatic carbocycles. The molecule has 1 heterocycles. The van der Waals surface area contributed by atoms with Gasteiger partial charge in [0.05, 0.1) is 5.60 Å². The fraction of sp³-hybridized carbons (Fsp3) is 0.562. The molecular formula is C16H20ClNO3. The molecule has 0 aromatic heterocycles. The highest BCUT2D eigenvalue weighted by molar-refractivity contribution is 6.31. The third-order valence-electron chi connectivity index (χ3n) is 4.45. The van der Waals surface area contributed by atoms with E-state index in [2.05, 4.69) is 5.32 Å². The number of amides is 1. The maximum absolute atomic E-state index is 12.2. The van der Waals surface area contributed by atoms with Crippen molar-refractivity contribution in [3.8, 4) is 0 Å². The van der Waals surface area contributed by atoms with Crippen LogP contribution in [0.15, 0.2) is 24.3 Å². The first kappa shape index (κ1) is 14.8. The van der Waals surface area contributed by atoms with E-state index in [0.29, 0.717) is 32.6 Å². The Balaban J connectivity index is 1.53. The number of hydrogen-bond acceptors (Lipinski definition) is 3. The predicted molar refractivity (Wildman–Crippen MR) is 80.3 cm³/mol. The fourth-order valence-electron chi connectivity index (χ4n) is 2.92. The number of halogens is 1. The van der Waals surface area contributed by atoms with Gasteiger partial charge in [0.1, 0.15) is 0 Å². The summed E-state index contributed by atoms with van der Waals surface area (Å²) in [4.78, 5) is 12.2. The molecule has 21 heavy (non-hydrogen) atoms. The number of hydrogen-bond donors (Lipinski definition) is 2. The largest absolute Gasteiger partial charge is 0.388 e. The lowest BCUT2D eigenvalue weighted by molar-refractivity contribution is -0.125. The Labute approximate surface area is 129 Å². The van der Waals surface area contributed by atoms with Gasteiger partial charge in [0.15, 0.2) is 0 Å². The van der Waals surface area contributed by atoms with Crippen LogP contribution in [0.1, 0.15) is 30.7 Å². The average molecular weight is 310 g/mol. The first-order valence-electron chi connectivity index (χ1n) is 7.41. The summed E-state index contributed by atoms with van der Waals surface area (Å²) < 4.78 is 5.23. The molecule has 1 aliphatic heterocycles. The van der Waals surface area contributed by atoms with Gasteiger partial charge in [-0.3, -0.25) is 4.79 Å². The van der Waals surface area contributed by atoms with Crippen LogP contribution in [0.25, 0.3) is 0 Å². The molecule has 2 aliphatic rings. The molecule has 2 atom stereocenters. The second kappa shape index (κ2) is 5.95. The Morgan fingerprint density at radius 1 is 1.38 bits per heavy atom. The molecule has 1 amide bonds. The van der Waals surface area contributed by atoms with Gasteiger partial charge in [-0.1, -0.05) is 29.8 Å². The molecule has 4 nitrogen and oxygen atoms in total. The average Bonchev–Trinajstić information content (AvgIpc) is 3.27. The zero-order valence-electron chi connectivity index (χ0n) is 11.8. The molecule has 2 N–H and O–H groups in total. The highest BCUT2D eigenvalue weighted by atomic mass is 35.5. The van der Waals surface area contributed by atoms with Crippen molar-refractivity contribution in [3.63, 3.8) is 0 Å². The number of carbonyl (C=O) groups excluding carboxylic acids is 1. The van der Waals surface area contributed by atoms with Gasteiger partial charge in [-0.25, -0.2) is 0 Å². The van der Waals surface area contributed by atoms with Crippen molar-refractivity contribution in [1.29, 1.82) is 0 Å². The van der Waals surface area contributed by atoms with Crippen LogP contribution >= 0.6 is 11.6 Å². The van der Waals surface area contributed by atoms with Crippen molar-refractivity contribution in [3.05, 3.63) is 34.9 Å². The Kier molecular flexibility index (Phi) is 4.20. The minimum atomic E-state index is -0.817. The van der Waals surface area contributed by atoms with E-state index in [0.717, 1.165) is 17.0 Å². The molecular weight excluding hydrogens is 290 g/mol. The van der Waals surface area contributed by atoms with E-state index < -0.39 is 5.60 Å². The van der Waals surface area contributed by atoms with Gasteiger partial charge in [0, 0.05) is 43.5 Å². The Bertz CT molecular complexity index is 528. The van der Waals surface area contributed by atoms with E-state index in [1.165, 1.54) is 0 Å². The molecule has 1 saturated carbocycles. The second-order valence-electron chi connectivity index (χ2n) is 6.02. The first-order valence-corrected chi connectivity index (χ1v) is 7.79. The highest BCUT2D eigenvalue weighted by Gasteiger charge is 2.45. The molecule has 2 fully saturated rings. The maximum Gasteiger partial charge on any atom is 0.223 e. The van der Waals surface area contributed by atoms with Crippen LogP contribution in [0.4, 0.5) is 0 Å². The molecule has 1 aromatic rings. The predicted octanol–water partition coefficient (Wildman–Crippen LogP) is 2.10. The van der Waals surface area contributed by atoms with Gasteiger partial charge in [0.2, 0.25) is 5.91 Å². The van der Waals surface area contributed by atoms with Gasteiger partial charge in [-0.2, -0.15) is 0 Å². The van der Waals surface area contributed by atoms with Gasteiger partial charge < -0.3 is 15.2 Å². The third-order valence-corrected chi connectivity index (χ3v) is 4.79. The fourth-order valence-corrected chi connectivity index (χ4v) is 3.19. The Hall–Kier alpha value is -1.10. The standard InChI is InChI=1S/C16H20ClNO3/c17-14-4-2-1-3-11(14)12-9-13(12)15(19)18-10-16(20)5-7-21-8-6-16/h1-4,12-13,20H,5-10H2,(H,18,19)/t12-,13-/m0/s1. The monoisotopic (exact) mass is 309 g/mol. The summed E-state index contributed by atoms with van der Waals surface area (Å²) in [6.07, 6.45) is 1.98. The lowest BCUT2D eigenvalue weighted by atomic mass is 9.94. The van der Waals surface area contributed by atoms with Crippen LogP contribution in [0.3, 0.4) is 0 Å². The maximum atomic E-state index is 12.2. The van der Waals surface area contributed by atoms with E-state index in [4.69, 9.17) is 16.3 Å². The number of carbonyl (C=O) groups is 1. The number of nitrogens with one attached hydrogen (secondary N) is 1. The lowest BCUT2D eigenvalue weighted by Crippen LogP contribution is -2.47. The second-order valence-corrected chi connectivity index (χ2v) is 6.43. The first-order chi connectivity index (χ1) is 10.1. The SMILES string of the molecule is O=C(NCC1(O)CCOCC1)[C@H]1C[C@H]1c1ccccc1Cl. The van der Waals surface area contributed by atoms with Crippen molar-refractivity contribution < 1.29 is 14.6 Å². The third kappa shape index (κ3) is 3.39. The van der Waals surface area contributed by atoms with Crippen LogP contribution in [-0.4, -0.2) is 36.4 Å². The zero-order chi connectivity index (χ0) is 14.9. The number of aliphatic hydroxyl groups is 1. The molecule has 3 rings (SSSR count). The molecule has 0 unspecified atom stereocenters. The summed E-state index contributed by atoms with van der Waals surface area (Å²) in [6.45, 7) is 1.41. The normalized spacial score (nSPS) is 27.1. The minimum Gasteiger partial charge on any atom is -0.388 e. The minimum absolute atomic E-state index is 0.0137. The number of ether oxygens (including phenoxy) is 1. The Morgan fingerprint density at radius 3 is 2.81 bits per heavy atom. The number of benzene rings is 1. The van der Waals surface area contributed by atoms with Crippen molar-refractivity contribution in [2.45, 2.75) is 30.8 Å². The summed E-state index contributed by atoms with van der Waals surface area (Å²) >= 11 is 6.16. The van der Waals surface area contributed by atoms with Crippen molar-refractivity contribution in [2.75, 3.05) is 19.8 Å².